The number of rotatable bonds is 5. The summed E-state index contributed by atoms with van der Waals surface area (Å²) < 4.78 is 0. The van der Waals surface area contributed by atoms with E-state index in [1.165, 1.54) is 0 Å². The van der Waals surface area contributed by atoms with Crippen LogP contribution in [-0.2, 0) is 9.59 Å². The Hall–Kier alpha value is -1.10. The molecule has 0 aliphatic carbocycles. The summed E-state index contributed by atoms with van der Waals surface area (Å²) in [5, 5.41) is 6.05. The highest BCUT2D eigenvalue weighted by Gasteiger charge is 2.26. The van der Waals surface area contributed by atoms with Crippen molar-refractivity contribution < 1.29 is 9.59 Å². The first-order valence-electron chi connectivity index (χ1n) is 6.83. The van der Waals surface area contributed by atoms with Gasteiger partial charge in [-0.15, -0.1) is 0 Å². The Labute approximate surface area is 109 Å². The molecule has 0 bridgehead atoms. The average molecular weight is 255 g/mol. The quantitative estimate of drug-likeness (QED) is 0.745. The zero-order valence-corrected chi connectivity index (χ0v) is 11.7. The van der Waals surface area contributed by atoms with Crippen molar-refractivity contribution in [2.45, 2.75) is 39.7 Å². The van der Waals surface area contributed by atoms with Crippen LogP contribution in [0.25, 0.3) is 0 Å². The number of nitrogens with zero attached hydrogens (tertiary/aromatic N) is 1. The molecule has 0 aromatic heterocycles. The molecule has 2 N–H and O–H groups in total. The van der Waals surface area contributed by atoms with Gasteiger partial charge in [0.25, 0.3) is 0 Å². The SMILES string of the molecule is CCN(CC(=O)NC(C)C)C(=O)[C@H]1CCCNC1. The lowest BCUT2D eigenvalue weighted by molar-refractivity contribution is -0.139. The lowest BCUT2D eigenvalue weighted by atomic mass is 9.98. The van der Waals surface area contributed by atoms with Crippen LogP contribution in [0.15, 0.2) is 0 Å². The molecule has 0 radical (unpaired) electrons. The van der Waals surface area contributed by atoms with E-state index in [2.05, 4.69) is 10.6 Å². The molecule has 0 saturated carbocycles. The van der Waals surface area contributed by atoms with Crippen LogP contribution in [0.5, 0.6) is 0 Å². The summed E-state index contributed by atoms with van der Waals surface area (Å²) in [6.07, 6.45) is 1.96. The van der Waals surface area contributed by atoms with Gasteiger partial charge in [-0.3, -0.25) is 9.59 Å². The van der Waals surface area contributed by atoms with E-state index in [0.29, 0.717) is 6.54 Å². The molecule has 1 atom stereocenters. The van der Waals surface area contributed by atoms with Gasteiger partial charge in [0.15, 0.2) is 0 Å². The van der Waals surface area contributed by atoms with Gasteiger partial charge < -0.3 is 15.5 Å². The molecule has 2 amide bonds. The third-order valence-electron chi connectivity index (χ3n) is 3.12. The number of piperidine rings is 1. The van der Waals surface area contributed by atoms with Crippen molar-refractivity contribution in [3.8, 4) is 0 Å². The summed E-state index contributed by atoms with van der Waals surface area (Å²) in [6, 6.07) is 0.114. The molecule has 1 rings (SSSR count). The molecule has 5 nitrogen and oxygen atoms in total. The number of amides is 2. The summed E-state index contributed by atoms with van der Waals surface area (Å²) in [7, 11) is 0. The van der Waals surface area contributed by atoms with Gasteiger partial charge in [-0.1, -0.05) is 0 Å². The largest absolute Gasteiger partial charge is 0.352 e. The van der Waals surface area contributed by atoms with Gasteiger partial charge in [-0.2, -0.15) is 0 Å². The Morgan fingerprint density at radius 2 is 2.17 bits per heavy atom. The molecule has 0 unspecified atom stereocenters. The first-order chi connectivity index (χ1) is 8.54. The second-order valence-corrected chi connectivity index (χ2v) is 5.12. The van der Waals surface area contributed by atoms with E-state index < -0.39 is 0 Å². The minimum Gasteiger partial charge on any atom is -0.352 e. The van der Waals surface area contributed by atoms with E-state index in [0.717, 1.165) is 25.9 Å². The molecular weight excluding hydrogens is 230 g/mol. The Bertz CT molecular complexity index is 286. The van der Waals surface area contributed by atoms with Gasteiger partial charge in [-0.05, 0) is 40.2 Å². The van der Waals surface area contributed by atoms with Crippen LogP contribution >= 0.6 is 0 Å². The lowest BCUT2D eigenvalue weighted by Crippen LogP contribution is -2.47. The van der Waals surface area contributed by atoms with Crippen molar-refractivity contribution in [2.24, 2.45) is 5.92 Å². The summed E-state index contributed by atoms with van der Waals surface area (Å²) >= 11 is 0. The molecule has 1 heterocycles. The minimum atomic E-state index is -0.0797. The van der Waals surface area contributed by atoms with E-state index in [4.69, 9.17) is 0 Å². The zero-order chi connectivity index (χ0) is 13.5. The first-order valence-corrected chi connectivity index (χ1v) is 6.83. The molecule has 0 spiro atoms. The van der Waals surface area contributed by atoms with Crippen LogP contribution < -0.4 is 10.6 Å². The van der Waals surface area contributed by atoms with Crippen molar-refractivity contribution in [1.29, 1.82) is 0 Å². The maximum absolute atomic E-state index is 12.3. The predicted octanol–water partition coefficient (Wildman–Crippen LogP) is 0.359. The van der Waals surface area contributed by atoms with Crippen LogP contribution in [0.3, 0.4) is 0 Å². The molecule has 104 valence electrons. The van der Waals surface area contributed by atoms with Gasteiger partial charge in [0, 0.05) is 19.1 Å². The van der Waals surface area contributed by atoms with Crippen molar-refractivity contribution >= 4 is 11.8 Å². The van der Waals surface area contributed by atoms with E-state index in [1.54, 1.807) is 4.90 Å². The van der Waals surface area contributed by atoms with Gasteiger partial charge >= 0.3 is 0 Å². The third-order valence-corrected chi connectivity index (χ3v) is 3.12. The van der Waals surface area contributed by atoms with E-state index in [-0.39, 0.29) is 30.3 Å². The molecule has 1 fully saturated rings. The van der Waals surface area contributed by atoms with Gasteiger partial charge in [0.2, 0.25) is 11.8 Å². The molecule has 5 heteroatoms. The Morgan fingerprint density at radius 3 is 2.67 bits per heavy atom. The molecule has 1 aliphatic rings. The van der Waals surface area contributed by atoms with Crippen LogP contribution in [0.4, 0.5) is 0 Å². The predicted molar refractivity (Wildman–Crippen MR) is 71.1 cm³/mol. The number of carbonyl (C=O) groups excluding carboxylic acids is 2. The fourth-order valence-corrected chi connectivity index (χ4v) is 2.21. The van der Waals surface area contributed by atoms with Crippen molar-refractivity contribution in [2.75, 3.05) is 26.2 Å². The summed E-state index contributed by atoms with van der Waals surface area (Å²) in [5.74, 6) is 0.0538. The third kappa shape index (κ3) is 4.64. The van der Waals surface area contributed by atoms with Crippen molar-refractivity contribution in [3.63, 3.8) is 0 Å². The van der Waals surface area contributed by atoms with Crippen LogP contribution in [0, 0.1) is 5.92 Å². The highest BCUT2D eigenvalue weighted by molar-refractivity contribution is 5.86. The monoisotopic (exact) mass is 255 g/mol. The van der Waals surface area contributed by atoms with Gasteiger partial charge in [0.1, 0.15) is 0 Å². The Morgan fingerprint density at radius 1 is 1.44 bits per heavy atom. The number of likely N-dealkylation sites (N-methyl/N-ethyl adjacent to an activating group) is 1. The van der Waals surface area contributed by atoms with Gasteiger partial charge in [0.05, 0.1) is 12.5 Å². The maximum atomic E-state index is 12.3. The topological polar surface area (TPSA) is 61.4 Å². The lowest BCUT2D eigenvalue weighted by Gasteiger charge is -2.28. The number of hydrogen-bond acceptors (Lipinski definition) is 3. The maximum Gasteiger partial charge on any atom is 0.239 e. The number of carbonyl (C=O) groups is 2. The number of nitrogens with one attached hydrogen (secondary N) is 2. The van der Waals surface area contributed by atoms with Crippen LogP contribution in [0.2, 0.25) is 0 Å². The van der Waals surface area contributed by atoms with Gasteiger partial charge in [-0.25, -0.2) is 0 Å². The van der Waals surface area contributed by atoms with E-state index in [9.17, 15) is 9.59 Å². The molecule has 0 aromatic carbocycles. The smallest absolute Gasteiger partial charge is 0.239 e. The Balaban J connectivity index is 2.48. The van der Waals surface area contributed by atoms with Crippen LogP contribution in [-0.4, -0.2) is 48.9 Å². The average Bonchev–Trinajstić information content (AvgIpc) is 2.35. The van der Waals surface area contributed by atoms with Crippen molar-refractivity contribution in [3.05, 3.63) is 0 Å². The first kappa shape index (κ1) is 15.0. The fraction of sp³-hybridized carbons (Fsp3) is 0.846. The highest BCUT2D eigenvalue weighted by atomic mass is 16.2. The van der Waals surface area contributed by atoms with E-state index >= 15 is 0 Å². The summed E-state index contributed by atoms with van der Waals surface area (Å²) in [5.41, 5.74) is 0. The Kier molecular flexibility index (Phi) is 6.12. The zero-order valence-electron chi connectivity index (χ0n) is 11.7. The van der Waals surface area contributed by atoms with Crippen LogP contribution in [0.1, 0.15) is 33.6 Å². The summed E-state index contributed by atoms with van der Waals surface area (Å²) in [6.45, 7) is 8.23. The minimum absolute atomic E-state index is 0.0329. The van der Waals surface area contributed by atoms with E-state index in [1.807, 2.05) is 20.8 Å². The second kappa shape index (κ2) is 7.36. The number of hydrogen-bond donors (Lipinski definition) is 2. The fourth-order valence-electron chi connectivity index (χ4n) is 2.21. The summed E-state index contributed by atoms with van der Waals surface area (Å²) in [4.78, 5) is 25.6. The molecular formula is C13H25N3O2. The molecule has 18 heavy (non-hydrogen) atoms. The van der Waals surface area contributed by atoms with Crippen molar-refractivity contribution in [1.82, 2.24) is 15.5 Å². The molecule has 1 saturated heterocycles. The second-order valence-electron chi connectivity index (χ2n) is 5.12. The standard InChI is InChI=1S/C13H25N3O2/c1-4-16(9-12(17)15-10(2)3)13(18)11-6-5-7-14-8-11/h10-11,14H,4-9H2,1-3H3,(H,15,17)/t11-/m0/s1. The normalized spacial score (nSPS) is 19.7. The molecule has 0 aromatic rings. The highest BCUT2D eigenvalue weighted by Crippen LogP contribution is 2.13. The molecule has 1 aliphatic heterocycles.